The summed E-state index contributed by atoms with van der Waals surface area (Å²) in [6.45, 7) is 1.69. The fourth-order valence-electron chi connectivity index (χ4n) is 1.72. The number of alkyl halides is 1. The maximum atomic E-state index is 5.37. The maximum Gasteiger partial charge on any atom is 0.128 e. The lowest BCUT2D eigenvalue weighted by Gasteiger charge is -2.24. The van der Waals surface area contributed by atoms with E-state index in [1.807, 2.05) is 6.20 Å². The minimum Gasteiger partial charge on any atom is -0.379 e. The Labute approximate surface area is 98.6 Å². The number of hydrogen-bond acceptors (Lipinski definition) is 3. The number of ether oxygens (including phenoxy) is 1. The highest BCUT2D eigenvalue weighted by atomic mass is 79.9. The Morgan fingerprint density at radius 3 is 3.00 bits per heavy atom. The maximum absolute atomic E-state index is 5.37. The van der Waals surface area contributed by atoms with Crippen molar-refractivity contribution in [2.75, 3.05) is 25.2 Å². The van der Waals surface area contributed by atoms with Gasteiger partial charge in [-0.05, 0) is 18.1 Å². The Balaban J connectivity index is 2.07. The van der Waals surface area contributed by atoms with Gasteiger partial charge in [0.25, 0.3) is 0 Å². The summed E-state index contributed by atoms with van der Waals surface area (Å²) >= 11 is 3.41. The Morgan fingerprint density at radius 2 is 2.47 bits per heavy atom. The van der Waals surface area contributed by atoms with E-state index >= 15 is 0 Å². The molecule has 1 atom stereocenters. The van der Waals surface area contributed by atoms with Crippen molar-refractivity contribution in [3.8, 4) is 0 Å². The SMILES string of the molecule is CN(c1ccc(CBr)cn1)C1CCOC1. The van der Waals surface area contributed by atoms with Crippen molar-refractivity contribution in [2.45, 2.75) is 17.8 Å². The van der Waals surface area contributed by atoms with E-state index in [0.717, 1.165) is 30.8 Å². The van der Waals surface area contributed by atoms with Crippen LogP contribution in [0.3, 0.4) is 0 Å². The fourth-order valence-corrected chi connectivity index (χ4v) is 2.05. The van der Waals surface area contributed by atoms with Crippen LogP contribution in [0, 0.1) is 0 Å². The first-order chi connectivity index (χ1) is 7.31. The van der Waals surface area contributed by atoms with Crippen LogP contribution in [0.25, 0.3) is 0 Å². The number of rotatable bonds is 3. The van der Waals surface area contributed by atoms with Crippen LogP contribution in [0.15, 0.2) is 18.3 Å². The van der Waals surface area contributed by atoms with E-state index in [0.29, 0.717) is 6.04 Å². The first kappa shape index (κ1) is 10.9. The average molecular weight is 271 g/mol. The smallest absolute Gasteiger partial charge is 0.128 e. The van der Waals surface area contributed by atoms with Crippen LogP contribution < -0.4 is 4.90 Å². The molecule has 0 saturated carbocycles. The van der Waals surface area contributed by atoms with Crippen LogP contribution in [0.4, 0.5) is 5.82 Å². The summed E-state index contributed by atoms with van der Waals surface area (Å²) in [5, 5.41) is 0.858. The molecule has 0 N–H and O–H groups in total. The molecular formula is C11H15BrN2O. The largest absolute Gasteiger partial charge is 0.379 e. The quantitative estimate of drug-likeness (QED) is 0.788. The average Bonchev–Trinajstić information content (AvgIpc) is 2.82. The normalized spacial score (nSPS) is 20.5. The second-order valence-electron chi connectivity index (χ2n) is 3.79. The lowest BCUT2D eigenvalue weighted by molar-refractivity contribution is 0.193. The zero-order valence-electron chi connectivity index (χ0n) is 8.82. The molecule has 0 bridgehead atoms. The molecule has 0 aliphatic carbocycles. The van der Waals surface area contributed by atoms with Crippen LogP contribution >= 0.6 is 15.9 Å². The van der Waals surface area contributed by atoms with Crippen molar-refractivity contribution in [2.24, 2.45) is 0 Å². The van der Waals surface area contributed by atoms with Crippen molar-refractivity contribution in [3.05, 3.63) is 23.9 Å². The van der Waals surface area contributed by atoms with Crippen LogP contribution in [0.5, 0.6) is 0 Å². The zero-order chi connectivity index (χ0) is 10.7. The molecule has 3 nitrogen and oxygen atoms in total. The van der Waals surface area contributed by atoms with E-state index in [1.165, 1.54) is 5.56 Å². The molecule has 1 aliphatic heterocycles. The standard InChI is InChI=1S/C11H15BrN2O/c1-14(10-4-5-15-8-10)11-3-2-9(6-12)7-13-11/h2-3,7,10H,4-6,8H2,1H3. The highest BCUT2D eigenvalue weighted by Gasteiger charge is 2.20. The molecule has 1 fully saturated rings. The third kappa shape index (κ3) is 2.49. The van der Waals surface area contributed by atoms with Gasteiger partial charge in [0, 0.05) is 25.2 Å². The van der Waals surface area contributed by atoms with Gasteiger partial charge in [-0.1, -0.05) is 22.0 Å². The first-order valence-corrected chi connectivity index (χ1v) is 6.25. The second kappa shape index (κ2) is 4.94. The van der Waals surface area contributed by atoms with Gasteiger partial charge >= 0.3 is 0 Å². The van der Waals surface area contributed by atoms with Gasteiger partial charge < -0.3 is 9.64 Å². The highest BCUT2D eigenvalue weighted by molar-refractivity contribution is 9.08. The summed E-state index contributed by atoms with van der Waals surface area (Å²) in [7, 11) is 2.08. The molecule has 1 unspecified atom stereocenters. The lowest BCUT2D eigenvalue weighted by atomic mass is 10.2. The van der Waals surface area contributed by atoms with Gasteiger partial charge in [0.2, 0.25) is 0 Å². The minimum atomic E-state index is 0.479. The van der Waals surface area contributed by atoms with Crippen LogP contribution in [0.1, 0.15) is 12.0 Å². The fraction of sp³-hybridized carbons (Fsp3) is 0.545. The van der Waals surface area contributed by atoms with Gasteiger partial charge in [-0.2, -0.15) is 0 Å². The van der Waals surface area contributed by atoms with Crippen molar-refractivity contribution in [1.82, 2.24) is 4.98 Å². The summed E-state index contributed by atoms with van der Waals surface area (Å²) in [6.07, 6.45) is 3.01. The van der Waals surface area contributed by atoms with Crippen LogP contribution in [-0.2, 0) is 10.1 Å². The van der Waals surface area contributed by atoms with Gasteiger partial charge in [-0.25, -0.2) is 4.98 Å². The molecule has 1 saturated heterocycles. The number of hydrogen-bond donors (Lipinski definition) is 0. The number of anilines is 1. The molecule has 4 heteroatoms. The topological polar surface area (TPSA) is 25.4 Å². The number of halogens is 1. The molecule has 2 heterocycles. The predicted octanol–water partition coefficient (Wildman–Crippen LogP) is 2.20. The molecule has 0 amide bonds. The summed E-state index contributed by atoms with van der Waals surface area (Å²) < 4.78 is 5.37. The highest BCUT2D eigenvalue weighted by Crippen LogP contribution is 2.18. The number of aromatic nitrogens is 1. The van der Waals surface area contributed by atoms with Gasteiger partial charge in [0.1, 0.15) is 5.82 Å². The van der Waals surface area contributed by atoms with E-state index in [9.17, 15) is 0 Å². The van der Waals surface area contributed by atoms with Crippen molar-refractivity contribution in [3.63, 3.8) is 0 Å². The molecule has 82 valence electrons. The van der Waals surface area contributed by atoms with Crippen LogP contribution in [-0.4, -0.2) is 31.3 Å². The minimum absolute atomic E-state index is 0.479. The Bertz CT molecular complexity index is 309. The van der Waals surface area contributed by atoms with Crippen LogP contribution in [0.2, 0.25) is 0 Å². The molecule has 0 radical (unpaired) electrons. The summed E-state index contributed by atoms with van der Waals surface area (Å²) in [5.41, 5.74) is 1.20. The van der Waals surface area contributed by atoms with Crippen molar-refractivity contribution >= 4 is 21.7 Å². The van der Waals surface area contributed by atoms with E-state index in [1.54, 1.807) is 0 Å². The lowest BCUT2D eigenvalue weighted by Crippen LogP contribution is -2.32. The monoisotopic (exact) mass is 270 g/mol. The molecule has 15 heavy (non-hydrogen) atoms. The van der Waals surface area contributed by atoms with Gasteiger partial charge in [-0.3, -0.25) is 0 Å². The Hall–Kier alpha value is -0.610. The molecule has 0 spiro atoms. The Kier molecular flexibility index (Phi) is 3.59. The predicted molar refractivity (Wildman–Crippen MR) is 64.5 cm³/mol. The van der Waals surface area contributed by atoms with Crippen molar-refractivity contribution in [1.29, 1.82) is 0 Å². The summed E-state index contributed by atoms with van der Waals surface area (Å²) in [6, 6.07) is 4.64. The summed E-state index contributed by atoms with van der Waals surface area (Å²) in [4.78, 5) is 6.63. The summed E-state index contributed by atoms with van der Waals surface area (Å²) in [5.74, 6) is 1.02. The van der Waals surface area contributed by atoms with E-state index in [4.69, 9.17) is 4.74 Å². The number of likely N-dealkylation sites (N-methyl/N-ethyl adjacent to an activating group) is 1. The molecular weight excluding hydrogens is 256 g/mol. The van der Waals surface area contributed by atoms with E-state index in [2.05, 4.69) is 45.0 Å². The molecule has 0 aromatic carbocycles. The van der Waals surface area contributed by atoms with E-state index in [-0.39, 0.29) is 0 Å². The third-order valence-corrected chi connectivity index (χ3v) is 3.43. The first-order valence-electron chi connectivity index (χ1n) is 5.12. The zero-order valence-corrected chi connectivity index (χ0v) is 10.4. The molecule has 2 rings (SSSR count). The molecule has 1 aliphatic rings. The Morgan fingerprint density at radius 1 is 1.60 bits per heavy atom. The number of pyridine rings is 1. The molecule has 1 aromatic heterocycles. The van der Waals surface area contributed by atoms with Gasteiger partial charge in [0.15, 0.2) is 0 Å². The van der Waals surface area contributed by atoms with Gasteiger partial charge in [0.05, 0.1) is 12.6 Å². The van der Waals surface area contributed by atoms with Gasteiger partial charge in [-0.15, -0.1) is 0 Å². The molecule has 1 aromatic rings. The van der Waals surface area contributed by atoms with Crippen molar-refractivity contribution < 1.29 is 4.74 Å². The third-order valence-electron chi connectivity index (χ3n) is 2.78. The number of nitrogens with zero attached hydrogens (tertiary/aromatic N) is 2. The van der Waals surface area contributed by atoms with E-state index < -0.39 is 0 Å². The second-order valence-corrected chi connectivity index (χ2v) is 4.35.